The molecule has 110 valence electrons. The first-order chi connectivity index (χ1) is 10.2. The largest absolute Gasteiger partial charge is 0.399 e. The van der Waals surface area contributed by atoms with Crippen molar-refractivity contribution in [1.29, 1.82) is 0 Å². The van der Waals surface area contributed by atoms with Gasteiger partial charge in [-0.05, 0) is 36.8 Å². The first-order valence-electron chi connectivity index (χ1n) is 7.45. The maximum absolute atomic E-state index is 5.81. The van der Waals surface area contributed by atoms with Crippen molar-refractivity contribution in [1.82, 2.24) is 9.88 Å². The summed E-state index contributed by atoms with van der Waals surface area (Å²) in [5, 5.41) is 0. The van der Waals surface area contributed by atoms with Gasteiger partial charge in [-0.1, -0.05) is 12.1 Å². The number of benzene rings is 1. The van der Waals surface area contributed by atoms with Crippen LogP contribution in [-0.2, 0) is 6.54 Å². The molecule has 0 unspecified atom stereocenters. The molecule has 1 fully saturated rings. The molecule has 0 amide bonds. The van der Waals surface area contributed by atoms with Gasteiger partial charge in [-0.2, -0.15) is 0 Å². The number of aryl methyl sites for hydroxylation is 1. The Labute approximate surface area is 126 Å². The Morgan fingerprint density at radius 1 is 1.10 bits per heavy atom. The van der Waals surface area contributed by atoms with E-state index in [1.165, 1.54) is 11.3 Å². The molecular formula is C17H22N4. The molecule has 2 N–H and O–H groups in total. The number of aromatic nitrogens is 1. The number of nitrogen functional groups attached to an aromatic ring is 1. The lowest BCUT2D eigenvalue weighted by molar-refractivity contribution is 0.247. The quantitative estimate of drug-likeness (QED) is 0.938. The van der Waals surface area contributed by atoms with E-state index in [0.717, 1.165) is 44.1 Å². The molecule has 4 heteroatoms. The average molecular weight is 282 g/mol. The molecule has 2 heterocycles. The highest BCUT2D eigenvalue weighted by Gasteiger charge is 2.17. The van der Waals surface area contributed by atoms with Crippen molar-refractivity contribution in [3.63, 3.8) is 0 Å². The van der Waals surface area contributed by atoms with Crippen LogP contribution in [0.5, 0.6) is 0 Å². The van der Waals surface area contributed by atoms with E-state index < -0.39 is 0 Å². The predicted molar refractivity (Wildman–Crippen MR) is 87.3 cm³/mol. The van der Waals surface area contributed by atoms with Gasteiger partial charge in [0.15, 0.2) is 0 Å². The fourth-order valence-corrected chi connectivity index (χ4v) is 2.80. The number of piperazine rings is 1. The monoisotopic (exact) mass is 282 g/mol. The molecule has 1 aliphatic heterocycles. The molecule has 21 heavy (non-hydrogen) atoms. The number of pyridine rings is 1. The molecule has 1 aliphatic rings. The van der Waals surface area contributed by atoms with Gasteiger partial charge >= 0.3 is 0 Å². The summed E-state index contributed by atoms with van der Waals surface area (Å²) in [6, 6.07) is 12.5. The smallest absolute Gasteiger partial charge is 0.0564 e. The third-order valence-electron chi connectivity index (χ3n) is 3.97. The van der Waals surface area contributed by atoms with Gasteiger partial charge in [0, 0.05) is 50.3 Å². The number of anilines is 2. The zero-order chi connectivity index (χ0) is 14.7. The van der Waals surface area contributed by atoms with E-state index in [1.54, 1.807) is 6.20 Å². The number of hydrogen-bond acceptors (Lipinski definition) is 4. The molecule has 1 saturated heterocycles. The molecule has 1 aromatic heterocycles. The number of hydrogen-bond donors (Lipinski definition) is 1. The summed E-state index contributed by atoms with van der Waals surface area (Å²) >= 11 is 0. The summed E-state index contributed by atoms with van der Waals surface area (Å²) in [5.41, 5.74) is 10.3. The first-order valence-corrected chi connectivity index (χ1v) is 7.45. The van der Waals surface area contributed by atoms with E-state index >= 15 is 0 Å². The fourth-order valence-electron chi connectivity index (χ4n) is 2.80. The number of rotatable bonds is 3. The van der Waals surface area contributed by atoms with Crippen LogP contribution in [0.4, 0.5) is 11.4 Å². The van der Waals surface area contributed by atoms with E-state index in [-0.39, 0.29) is 0 Å². The van der Waals surface area contributed by atoms with Gasteiger partial charge in [-0.15, -0.1) is 0 Å². The Bertz CT molecular complexity index is 603. The van der Waals surface area contributed by atoms with Crippen LogP contribution in [0.2, 0.25) is 0 Å². The second-order valence-corrected chi connectivity index (χ2v) is 5.68. The summed E-state index contributed by atoms with van der Waals surface area (Å²) in [5.74, 6) is 0. The van der Waals surface area contributed by atoms with E-state index in [1.807, 2.05) is 12.1 Å². The Morgan fingerprint density at radius 3 is 2.62 bits per heavy atom. The molecule has 4 nitrogen and oxygen atoms in total. The van der Waals surface area contributed by atoms with Gasteiger partial charge < -0.3 is 10.6 Å². The minimum absolute atomic E-state index is 0.790. The molecule has 0 saturated carbocycles. The van der Waals surface area contributed by atoms with E-state index in [9.17, 15) is 0 Å². The van der Waals surface area contributed by atoms with E-state index in [2.05, 4.69) is 46.0 Å². The summed E-state index contributed by atoms with van der Waals surface area (Å²) in [6.07, 6.45) is 1.79. The lowest BCUT2D eigenvalue weighted by atomic mass is 10.2. The maximum Gasteiger partial charge on any atom is 0.0564 e. The molecule has 0 bridgehead atoms. The Kier molecular flexibility index (Phi) is 4.06. The standard InChI is InChI=1S/C17H22N4/c1-14-3-2-4-17(11-14)21-9-7-20(8-10-21)13-16-12-15(18)5-6-19-16/h2-6,11-12H,7-10,13H2,1H3,(H2,18,19). The SMILES string of the molecule is Cc1cccc(N2CCN(Cc3cc(N)ccn3)CC2)c1. The lowest BCUT2D eigenvalue weighted by Crippen LogP contribution is -2.46. The first kappa shape index (κ1) is 13.9. The van der Waals surface area contributed by atoms with Crippen molar-refractivity contribution in [2.45, 2.75) is 13.5 Å². The highest BCUT2D eigenvalue weighted by atomic mass is 15.3. The molecule has 3 rings (SSSR count). The van der Waals surface area contributed by atoms with Crippen LogP contribution >= 0.6 is 0 Å². The van der Waals surface area contributed by atoms with Crippen LogP contribution in [0.3, 0.4) is 0 Å². The van der Waals surface area contributed by atoms with Crippen molar-refractivity contribution in [3.05, 3.63) is 53.9 Å². The van der Waals surface area contributed by atoms with Gasteiger partial charge in [0.1, 0.15) is 0 Å². The van der Waals surface area contributed by atoms with Gasteiger partial charge in [0.2, 0.25) is 0 Å². The lowest BCUT2D eigenvalue weighted by Gasteiger charge is -2.36. The molecule has 1 aromatic carbocycles. The van der Waals surface area contributed by atoms with Crippen molar-refractivity contribution >= 4 is 11.4 Å². The minimum Gasteiger partial charge on any atom is -0.399 e. The van der Waals surface area contributed by atoms with Crippen LogP contribution in [0.15, 0.2) is 42.6 Å². The fraction of sp³-hybridized carbons (Fsp3) is 0.353. The molecule has 2 aromatic rings. The van der Waals surface area contributed by atoms with Crippen LogP contribution in [0.1, 0.15) is 11.3 Å². The summed E-state index contributed by atoms with van der Waals surface area (Å²) in [6.45, 7) is 7.27. The van der Waals surface area contributed by atoms with Crippen LogP contribution in [0, 0.1) is 6.92 Å². The maximum atomic E-state index is 5.81. The molecule has 0 spiro atoms. The zero-order valence-electron chi connectivity index (χ0n) is 12.5. The third kappa shape index (κ3) is 3.52. The van der Waals surface area contributed by atoms with Gasteiger partial charge in [0.05, 0.1) is 5.69 Å². The number of nitrogens with zero attached hydrogens (tertiary/aromatic N) is 3. The summed E-state index contributed by atoms with van der Waals surface area (Å²) in [4.78, 5) is 9.28. The number of nitrogens with two attached hydrogens (primary N) is 1. The topological polar surface area (TPSA) is 45.4 Å². The Morgan fingerprint density at radius 2 is 1.90 bits per heavy atom. The van der Waals surface area contributed by atoms with Crippen LogP contribution in [0.25, 0.3) is 0 Å². The van der Waals surface area contributed by atoms with Gasteiger partial charge in [-0.3, -0.25) is 9.88 Å². The molecule has 0 aliphatic carbocycles. The minimum atomic E-state index is 0.790. The van der Waals surface area contributed by atoms with Crippen molar-refractivity contribution in [2.24, 2.45) is 0 Å². The summed E-state index contributed by atoms with van der Waals surface area (Å²) < 4.78 is 0. The van der Waals surface area contributed by atoms with Crippen LogP contribution in [-0.4, -0.2) is 36.1 Å². The Hall–Kier alpha value is -2.07. The highest BCUT2D eigenvalue weighted by Crippen LogP contribution is 2.18. The normalized spacial score (nSPS) is 16.1. The highest BCUT2D eigenvalue weighted by molar-refractivity contribution is 5.48. The molecular weight excluding hydrogens is 260 g/mol. The van der Waals surface area contributed by atoms with E-state index in [0.29, 0.717) is 0 Å². The van der Waals surface area contributed by atoms with E-state index in [4.69, 9.17) is 5.73 Å². The van der Waals surface area contributed by atoms with Gasteiger partial charge in [0.25, 0.3) is 0 Å². The van der Waals surface area contributed by atoms with Gasteiger partial charge in [-0.25, -0.2) is 0 Å². The second-order valence-electron chi connectivity index (χ2n) is 5.68. The van der Waals surface area contributed by atoms with Crippen LogP contribution < -0.4 is 10.6 Å². The van der Waals surface area contributed by atoms with Crippen molar-refractivity contribution < 1.29 is 0 Å². The third-order valence-corrected chi connectivity index (χ3v) is 3.97. The molecule has 0 radical (unpaired) electrons. The zero-order valence-corrected chi connectivity index (χ0v) is 12.5. The molecule has 0 atom stereocenters. The summed E-state index contributed by atoms with van der Waals surface area (Å²) in [7, 11) is 0. The predicted octanol–water partition coefficient (Wildman–Crippen LogP) is 2.29. The van der Waals surface area contributed by atoms with Crippen molar-refractivity contribution in [2.75, 3.05) is 36.8 Å². The second kappa shape index (κ2) is 6.14. The van der Waals surface area contributed by atoms with Crippen molar-refractivity contribution in [3.8, 4) is 0 Å². The Balaban J connectivity index is 1.58. The average Bonchev–Trinajstić information content (AvgIpc) is 2.48.